The summed E-state index contributed by atoms with van der Waals surface area (Å²) in [6.07, 6.45) is 2.71. The monoisotopic (exact) mass is 149 g/mol. The molecule has 0 radical (unpaired) electrons. The first-order valence-electron chi connectivity index (χ1n) is 2.38. The number of rotatable bonds is 0. The van der Waals surface area contributed by atoms with Crippen LogP contribution in [-0.4, -0.2) is 26.2 Å². The van der Waals surface area contributed by atoms with E-state index in [9.17, 15) is 8.42 Å². The molecule has 52 valence electrons. The van der Waals surface area contributed by atoms with E-state index in [1.165, 1.54) is 4.90 Å². The lowest BCUT2D eigenvalue weighted by Crippen LogP contribution is -2.25. The van der Waals surface area contributed by atoms with Crippen LogP contribution in [0.25, 0.3) is 0 Å². The maximum absolute atomic E-state index is 10.5. The van der Waals surface area contributed by atoms with Crippen LogP contribution >= 0.6 is 0 Å². The Morgan fingerprint density at radius 1 is 1.67 bits per heavy atom. The van der Waals surface area contributed by atoms with Gasteiger partial charge in [0, 0.05) is 13.2 Å². The van der Waals surface area contributed by atoms with Gasteiger partial charge in [-0.1, -0.05) is 0 Å². The molecule has 0 aromatic heterocycles. The van der Waals surface area contributed by atoms with Crippen molar-refractivity contribution >= 4 is 10.1 Å². The fourth-order valence-electron chi connectivity index (χ4n) is 0.536. The van der Waals surface area contributed by atoms with Gasteiger partial charge in [-0.15, -0.1) is 0 Å². The van der Waals surface area contributed by atoms with Gasteiger partial charge in [0.2, 0.25) is 0 Å². The predicted octanol–water partition coefficient (Wildman–Crippen LogP) is -0.293. The van der Waals surface area contributed by atoms with Crippen molar-refractivity contribution < 1.29 is 12.6 Å². The van der Waals surface area contributed by atoms with Crippen LogP contribution in [0.5, 0.6) is 0 Å². The predicted molar refractivity (Wildman–Crippen MR) is 31.8 cm³/mol. The molecule has 4 nitrogen and oxygen atoms in total. The third kappa shape index (κ3) is 1.60. The molecule has 0 atom stereocenters. The van der Waals surface area contributed by atoms with Gasteiger partial charge < -0.3 is 9.08 Å². The van der Waals surface area contributed by atoms with Crippen molar-refractivity contribution in [2.45, 2.75) is 0 Å². The molecule has 1 heterocycles. The Morgan fingerprint density at radius 3 is 2.67 bits per heavy atom. The minimum atomic E-state index is -3.29. The molecule has 0 amide bonds. The highest BCUT2D eigenvalue weighted by Gasteiger charge is 2.14. The zero-order chi connectivity index (χ0) is 6.91. The average molecular weight is 149 g/mol. The lowest BCUT2D eigenvalue weighted by Gasteiger charge is -2.16. The van der Waals surface area contributed by atoms with E-state index in [1.807, 2.05) is 0 Å². The molecule has 9 heavy (non-hydrogen) atoms. The zero-order valence-corrected chi connectivity index (χ0v) is 5.76. The van der Waals surface area contributed by atoms with E-state index in [-0.39, 0.29) is 5.88 Å². The summed E-state index contributed by atoms with van der Waals surface area (Å²) in [6.45, 7) is 0. The molecule has 5 heteroatoms. The van der Waals surface area contributed by atoms with E-state index < -0.39 is 10.1 Å². The van der Waals surface area contributed by atoms with Crippen LogP contribution in [0.15, 0.2) is 12.5 Å². The van der Waals surface area contributed by atoms with Crippen LogP contribution in [0, 0.1) is 0 Å². The standard InChI is InChI=1S/C4H7NO3S/c1-5-2-3-8-9(6,7)4-5/h2-3H,4H2,1H3. The molecule has 0 saturated carbocycles. The fraction of sp³-hybridized carbons (Fsp3) is 0.500. The van der Waals surface area contributed by atoms with E-state index in [0.717, 1.165) is 6.26 Å². The molecule has 0 saturated heterocycles. The van der Waals surface area contributed by atoms with Gasteiger partial charge in [-0.25, -0.2) is 0 Å². The quantitative estimate of drug-likeness (QED) is 0.444. The number of hydrogen-bond acceptors (Lipinski definition) is 4. The molecular formula is C4H7NO3S. The van der Waals surface area contributed by atoms with E-state index in [4.69, 9.17) is 0 Å². The molecule has 0 fully saturated rings. The molecule has 0 aromatic rings. The van der Waals surface area contributed by atoms with Crippen LogP contribution in [0.4, 0.5) is 0 Å². The minimum absolute atomic E-state index is 0.0660. The highest BCUT2D eigenvalue weighted by molar-refractivity contribution is 7.86. The van der Waals surface area contributed by atoms with Crippen molar-refractivity contribution in [3.05, 3.63) is 12.5 Å². The van der Waals surface area contributed by atoms with Crippen LogP contribution in [0.2, 0.25) is 0 Å². The summed E-state index contributed by atoms with van der Waals surface area (Å²) < 4.78 is 25.4. The third-order valence-electron chi connectivity index (χ3n) is 0.879. The second kappa shape index (κ2) is 1.91. The largest absolute Gasteiger partial charge is 0.388 e. The van der Waals surface area contributed by atoms with E-state index in [2.05, 4.69) is 4.18 Å². The topological polar surface area (TPSA) is 46.6 Å². The Bertz CT molecular complexity index is 218. The Hall–Kier alpha value is -0.710. The van der Waals surface area contributed by atoms with Crippen molar-refractivity contribution in [2.24, 2.45) is 0 Å². The lowest BCUT2D eigenvalue weighted by molar-refractivity contribution is 0.376. The van der Waals surface area contributed by atoms with Crippen molar-refractivity contribution in [1.29, 1.82) is 0 Å². The molecule has 1 aliphatic rings. The van der Waals surface area contributed by atoms with Gasteiger partial charge in [-0.05, 0) is 0 Å². The second-order valence-corrected chi connectivity index (χ2v) is 3.39. The molecular weight excluding hydrogens is 142 g/mol. The van der Waals surface area contributed by atoms with Crippen molar-refractivity contribution in [1.82, 2.24) is 4.90 Å². The van der Waals surface area contributed by atoms with Crippen molar-refractivity contribution in [2.75, 3.05) is 12.9 Å². The first-order valence-corrected chi connectivity index (χ1v) is 3.96. The molecule has 1 aliphatic heterocycles. The first kappa shape index (κ1) is 6.41. The van der Waals surface area contributed by atoms with Crippen LogP contribution < -0.4 is 0 Å². The minimum Gasteiger partial charge on any atom is -0.388 e. The summed E-state index contributed by atoms with van der Waals surface area (Å²) in [5.74, 6) is -0.0660. The summed E-state index contributed by atoms with van der Waals surface area (Å²) in [5.41, 5.74) is 0. The highest BCUT2D eigenvalue weighted by atomic mass is 32.2. The van der Waals surface area contributed by atoms with Gasteiger partial charge >= 0.3 is 10.1 Å². The maximum atomic E-state index is 10.5. The van der Waals surface area contributed by atoms with Gasteiger partial charge in [0.1, 0.15) is 6.26 Å². The Morgan fingerprint density at radius 2 is 2.33 bits per heavy atom. The Kier molecular flexibility index (Phi) is 1.36. The van der Waals surface area contributed by atoms with E-state index >= 15 is 0 Å². The second-order valence-electron chi connectivity index (χ2n) is 1.83. The maximum Gasteiger partial charge on any atom is 0.327 e. The molecule has 1 rings (SSSR count). The zero-order valence-electron chi connectivity index (χ0n) is 4.94. The van der Waals surface area contributed by atoms with Crippen molar-refractivity contribution in [3.63, 3.8) is 0 Å². The third-order valence-corrected chi connectivity index (χ3v) is 2.01. The van der Waals surface area contributed by atoms with Gasteiger partial charge in [-0.2, -0.15) is 8.42 Å². The number of hydrogen-bond donors (Lipinski definition) is 0. The van der Waals surface area contributed by atoms with Crippen molar-refractivity contribution in [3.8, 4) is 0 Å². The van der Waals surface area contributed by atoms with Gasteiger partial charge in [-0.3, -0.25) is 0 Å². The normalized spacial score (nSPS) is 23.4. The molecule has 0 N–H and O–H groups in total. The summed E-state index contributed by atoms with van der Waals surface area (Å²) >= 11 is 0. The van der Waals surface area contributed by atoms with Gasteiger partial charge in [0.15, 0.2) is 5.88 Å². The molecule has 0 spiro atoms. The molecule has 0 aromatic carbocycles. The van der Waals surface area contributed by atoms with Crippen LogP contribution in [0.1, 0.15) is 0 Å². The fourth-order valence-corrected chi connectivity index (χ4v) is 1.40. The Balaban J connectivity index is 2.81. The molecule has 0 unspecified atom stereocenters. The average Bonchev–Trinajstić information content (AvgIpc) is 1.60. The summed E-state index contributed by atoms with van der Waals surface area (Å²) in [4.78, 5) is 1.53. The van der Waals surface area contributed by atoms with Gasteiger partial charge in [0.25, 0.3) is 0 Å². The van der Waals surface area contributed by atoms with Crippen LogP contribution in [-0.2, 0) is 14.3 Å². The van der Waals surface area contributed by atoms with Gasteiger partial charge in [0.05, 0.1) is 0 Å². The highest BCUT2D eigenvalue weighted by Crippen LogP contribution is 2.03. The smallest absolute Gasteiger partial charge is 0.327 e. The lowest BCUT2D eigenvalue weighted by atomic mass is 10.8. The summed E-state index contributed by atoms with van der Waals surface area (Å²) in [5, 5.41) is 0. The number of nitrogens with zero attached hydrogens (tertiary/aromatic N) is 1. The molecule has 0 aliphatic carbocycles. The summed E-state index contributed by atoms with van der Waals surface area (Å²) in [7, 11) is -1.63. The Labute approximate surface area is 53.8 Å². The SMILES string of the molecule is CN1C=COS(=O)(=O)C1. The van der Waals surface area contributed by atoms with Crippen LogP contribution in [0.3, 0.4) is 0 Å². The molecule has 0 bridgehead atoms. The van der Waals surface area contributed by atoms with E-state index in [0.29, 0.717) is 0 Å². The summed E-state index contributed by atoms with van der Waals surface area (Å²) in [6, 6.07) is 0. The van der Waals surface area contributed by atoms with E-state index in [1.54, 1.807) is 13.2 Å². The first-order chi connectivity index (χ1) is 4.10.